The second-order valence-corrected chi connectivity index (χ2v) is 7.59. The predicted octanol–water partition coefficient (Wildman–Crippen LogP) is 5.04. The number of hydrogen-bond acceptors (Lipinski definition) is 4. The maximum Gasteiger partial charge on any atom is 0.338 e. The summed E-state index contributed by atoms with van der Waals surface area (Å²) in [5.41, 5.74) is 2.21. The van der Waals surface area contributed by atoms with Gasteiger partial charge in [0.1, 0.15) is 5.58 Å². The number of likely N-dealkylation sites (tertiary alicyclic amines) is 1. The molecule has 4 nitrogen and oxygen atoms in total. The fourth-order valence-corrected chi connectivity index (χ4v) is 3.80. The van der Waals surface area contributed by atoms with Crippen molar-refractivity contribution in [1.82, 2.24) is 4.90 Å². The van der Waals surface area contributed by atoms with E-state index >= 15 is 0 Å². The number of benzene rings is 2. The van der Waals surface area contributed by atoms with Crippen LogP contribution in [0, 0.1) is 0 Å². The molecule has 0 unspecified atom stereocenters. The van der Waals surface area contributed by atoms with Gasteiger partial charge in [-0.25, -0.2) is 4.79 Å². The smallest absolute Gasteiger partial charge is 0.338 e. The molecule has 0 aliphatic carbocycles. The average Bonchev–Trinajstić information content (AvgIpc) is 2.69. The minimum Gasteiger partial charge on any atom is -0.423 e. The summed E-state index contributed by atoms with van der Waals surface area (Å²) in [5, 5.41) is 4.99. The standard InChI is InChI=1S/C23H23ClN2O2/c24-18-8-9-20-21(16-23(27)28-22(20)15-18)25-19-10-13-26(14-11-19)12-4-7-17-5-2-1-3-6-17/h1-9,15-16,19,25H,10-14H2/b7-4+. The Morgan fingerprint density at radius 3 is 2.68 bits per heavy atom. The zero-order chi connectivity index (χ0) is 19.3. The molecular weight excluding hydrogens is 372 g/mol. The zero-order valence-electron chi connectivity index (χ0n) is 15.6. The Balaban J connectivity index is 1.35. The van der Waals surface area contributed by atoms with Gasteiger partial charge >= 0.3 is 5.63 Å². The molecule has 0 amide bonds. The molecule has 1 aliphatic rings. The Bertz CT molecular complexity index is 1020. The van der Waals surface area contributed by atoms with Gasteiger partial charge in [0.2, 0.25) is 0 Å². The summed E-state index contributed by atoms with van der Waals surface area (Å²) < 4.78 is 5.27. The van der Waals surface area contributed by atoms with Crippen molar-refractivity contribution in [2.75, 3.05) is 25.0 Å². The van der Waals surface area contributed by atoms with E-state index in [1.54, 1.807) is 6.07 Å². The third-order valence-corrected chi connectivity index (χ3v) is 5.36. The van der Waals surface area contributed by atoms with Crippen molar-refractivity contribution in [3.05, 3.63) is 81.7 Å². The lowest BCUT2D eigenvalue weighted by molar-refractivity contribution is 0.240. The lowest BCUT2D eigenvalue weighted by Crippen LogP contribution is -2.39. The molecule has 5 heteroatoms. The van der Waals surface area contributed by atoms with E-state index < -0.39 is 0 Å². The lowest BCUT2D eigenvalue weighted by atomic mass is 10.0. The number of nitrogens with one attached hydrogen (secondary N) is 1. The summed E-state index contributed by atoms with van der Waals surface area (Å²) >= 11 is 6.02. The van der Waals surface area contributed by atoms with Crippen molar-refractivity contribution in [2.24, 2.45) is 0 Å². The van der Waals surface area contributed by atoms with Gasteiger partial charge in [-0.3, -0.25) is 4.90 Å². The average molecular weight is 395 g/mol. The molecule has 0 atom stereocenters. The molecule has 3 aromatic rings. The molecule has 144 valence electrons. The highest BCUT2D eigenvalue weighted by molar-refractivity contribution is 6.31. The van der Waals surface area contributed by atoms with Gasteiger partial charge < -0.3 is 9.73 Å². The van der Waals surface area contributed by atoms with E-state index in [-0.39, 0.29) is 5.63 Å². The molecule has 0 saturated carbocycles. The van der Waals surface area contributed by atoms with E-state index in [4.69, 9.17) is 16.0 Å². The van der Waals surface area contributed by atoms with Crippen molar-refractivity contribution in [2.45, 2.75) is 18.9 Å². The van der Waals surface area contributed by atoms with E-state index in [9.17, 15) is 4.79 Å². The Morgan fingerprint density at radius 1 is 1.11 bits per heavy atom. The van der Waals surface area contributed by atoms with Gasteiger partial charge in [0, 0.05) is 48.2 Å². The molecule has 1 saturated heterocycles. The van der Waals surface area contributed by atoms with Crippen molar-refractivity contribution in [3.63, 3.8) is 0 Å². The van der Waals surface area contributed by atoms with Crippen LogP contribution in [0.1, 0.15) is 18.4 Å². The van der Waals surface area contributed by atoms with Crippen molar-refractivity contribution >= 4 is 34.3 Å². The highest BCUT2D eigenvalue weighted by Gasteiger charge is 2.19. The van der Waals surface area contributed by atoms with Gasteiger partial charge in [-0.15, -0.1) is 0 Å². The molecule has 2 heterocycles. The fraction of sp³-hybridized carbons (Fsp3) is 0.261. The Kier molecular flexibility index (Phi) is 5.79. The number of piperidine rings is 1. The number of fused-ring (bicyclic) bond motifs is 1. The summed E-state index contributed by atoms with van der Waals surface area (Å²) in [5.74, 6) is 0. The van der Waals surface area contributed by atoms with Crippen molar-refractivity contribution < 1.29 is 4.42 Å². The Morgan fingerprint density at radius 2 is 1.89 bits per heavy atom. The molecule has 1 fully saturated rings. The topological polar surface area (TPSA) is 45.5 Å². The van der Waals surface area contributed by atoms with Crippen LogP contribution in [0.4, 0.5) is 5.69 Å². The van der Waals surface area contributed by atoms with E-state index in [1.165, 1.54) is 11.6 Å². The van der Waals surface area contributed by atoms with Crippen LogP contribution in [-0.4, -0.2) is 30.6 Å². The first-order chi connectivity index (χ1) is 13.7. The maximum atomic E-state index is 11.9. The van der Waals surface area contributed by atoms with E-state index in [0.717, 1.165) is 43.5 Å². The monoisotopic (exact) mass is 394 g/mol. The molecule has 1 aliphatic heterocycles. The summed E-state index contributed by atoms with van der Waals surface area (Å²) in [6.07, 6.45) is 6.47. The summed E-state index contributed by atoms with van der Waals surface area (Å²) in [7, 11) is 0. The number of rotatable bonds is 5. The zero-order valence-corrected chi connectivity index (χ0v) is 16.4. The van der Waals surface area contributed by atoms with Crippen LogP contribution in [0.2, 0.25) is 5.02 Å². The molecule has 4 rings (SSSR count). The minimum absolute atomic E-state index is 0.343. The van der Waals surface area contributed by atoms with Crippen LogP contribution in [0.25, 0.3) is 17.0 Å². The van der Waals surface area contributed by atoms with E-state index in [2.05, 4.69) is 46.6 Å². The van der Waals surface area contributed by atoms with Crippen LogP contribution in [0.15, 0.2) is 69.9 Å². The molecule has 0 bridgehead atoms. The molecule has 1 aromatic heterocycles. The van der Waals surface area contributed by atoms with E-state index in [0.29, 0.717) is 16.6 Å². The van der Waals surface area contributed by atoms with Gasteiger partial charge in [-0.1, -0.05) is 54.1 Å². The van der Waals surface area contributed by atoms with Crippen LogP contribution in [0.5, 0.6) is 0 Å². The van der Waals surface area contributed by atoms with Crippen LogP contribution < -0.4 is 10.9 Å². The Labute approximate surface area is 169 Å². The molecule has 0 radical (unpaired) electrons. The highest BCUT2D eigenvalue weighted by Crippen LogP contribution is 2.26. The fourth-order valence-electron chi connectivity index (χ4n) is 3.64. The normalized spacial score (nSPS) is 16.0. The van der Waals surface area contributed by atoms with Gasteiger partial charge in [0.05, 0.1) is 5.69 Å². The van der Waals surface area contributed by atoms with Crippen LogP contribution in [-0.2, 0) is 0 Å². The quantitative estimate of drug-likeness (QED) is 0.616. The van der Waals surface area contributed by atoms with E-state index in [1.807, 2.05) is 18.2 Å². The molecule has 2 aromatic carbocycles. The van der Waals surface area contributed by atoms with Crippen LogP contribution in [0.3, 0.4) is 0 Å². The lowest BCUT2D eigenvalue weighted by Gasteiger charge is -2.32. The van der Waals surface area contributed by atoms with Gasteiger partial charge in [-0.2, -0.15) is 0 Å². The predicted molar refractivity (Wildman–Crippen MR) is 116 cm³/mol. The number of halogens is 1. The second-order valence-electron chi connectivity index (χ2n) is 7.15. The first-order valence-electron chi connectivity index (χ1n) is 9.61. The highest BCUT2D eigenvalue weighted by atomic mass is 35.5. The molecular formula is C23H23ClN2O2. The Hall–Kier alpha value is -2.56. The van der Waals surface area contributed by atoms with Gasteiger partial charge in [0.15, 0.2) is 0 Å². The maximum absolute atomic E-state index is 11.9. The first-order valence-corrected chi connectivity index (χ1v) is 9.99. The minimum atomic E-state index is -0.360. The summed E-state index contributed by atoms with van der Waals surface area (Å²) in [6.45, 7) is 3.02. The van der Waals surface area contributed by atoms with Crippen molar-refractivity contribution in [3.8, 4) is 0 Å². The molecule has 28 heavy (non-hydrogen) atoms. The number of hydrogen-bond donors (Lipinski definition) is 1. The van der Waals surface area contributed by atoms with Gasteiger partial charge in [-0.05, 0) is 30.5 Å². The summed E-state index contributed by atoms with van der Waals surface area (Å²) in [4.78, 5) is 14.3. The number of nitrogens with zero attached hydrogens (tertiary/aromatic N) is 1. The summed E-state index contributed by atoms with van der Waals surface area (Å²) in [6, 6.07) is 17.6. The van der Waals surface area contributed by atoms with Crippen molar-refractivity contribution in [1.29, 1.82) is 0 Å². The third-order valence-electron chi connectivity index (χ3n) is 5.13. The largest absolute Gasteiger partial charge is 0.423 e. The molecule has 0 spiro atoms. The van der Waals surface area contributed by atoms with Crippen LogP contribution >= 0.6 is 11.6 Å². The SMILES string of the molecule is O=c1cc(NC2CCN(C/C=C/c3ccccc3)CC2)c2ccc(Cl)cc2o1. The third kappa shape index (κ3) is 4.64. The molecule has 1 N–H and O–H groups in total. The second kappa shape index (κ2) is 8.63. The van der Waals surface area contributed by atoms with Gasteiger partial charge in [0.25, 0.3) is 0 Å². The number of anilines is 1. The first kappa shape index (κ1) is 18.8.